The Kier molecular flexibility index (Phi) is 4.77. The van der Waals surface area contributed by atoms with Crippen molar-refractivity contribution in [1.82, 2.24) is 15.1 Å². The van der Waals surface area contributed by atoms with Crippen LogP contribution in [0.1, 0.15) is 29.9 Å². The van der Waals surface area contributed by atoms with Crippen molar-refractivity contribution < 1.29 is 0 Å². The number of likely N-dealkylation sites (N-methyl/N-ethyl adjacent to an activating group) is 1. The molecule has 0 bridgehead atoms. The monoisotopic (exact) mass is 321 g/mol. The Morgan fingerprint density at radius 1 is 1.37 bits per heavy atom. The molecule has 19 heavy (non-hydrogen) atoms. The zero-order chi connectivity index (χ0) is 13.8. The van der Waals surface area contributed by atoms with E-state index in [9.17, 15) is 0 Å². The lowest BCUT2D eigenvalue weighted by atomic mass is 10.0. The van der Waals surface area contributed by atoms with E-state index in [0.29, 0.717) is 0 Å². The summed E-state index contributed by atoms with van der Waals surface area (Å²) in [5.74, 6) is 0. The molecule has 1 aromatic carbocycles. The maximum atomic E-state index is 4.53. The molecule has 102 valence electrons. The summed E-state index contributed by atoms with van der Waals surface area (Å²) in [5, 5.41) is 7.92. The van der Waals surface area contributed by atoms with Crippen LogP contribution >= 0.6 is 15.9 Å². The quantitative estimate of drug-likeness (QED) is 0.916. The maximum Gasteiger partial charge on any atom is 0.0625 e. The average molecular weight is 322 g/mol. The molecule has 0 spiro atoms. The minimum atomic E-state index is 0.275. The Morgan fingerprint density at radius 2 is 2.11 bits per heavy atom. The van der Waals surface area contributed by atoms with E-state index in [0.717, 1.165) is 23.0 Å². The first-order valence-corrected chi connectivity index (χ1v) is 7.38. The van der Waals surface area contributed by atoms with Gasteiger partial charge in [-0.15, -0.1) is 0 Å². The van der Waals surface area contributed by atoms with Crippen molar-refractivity contribution in [1.29, 1.82) is 0 Å². The maximum absolute atomic E-state index is 4.53. The highest BCUT2D eigenvalue weighted by Gasteiger charge is 2.16. The second-order valence-corrected chi connectivity index (χ2v) is 5.53. The second kappa shape index (κ2) is 6.35. The predicted octanol–water partition coefficient (Wildman–Crippen LogP) is 3.25. The van der Waals surface area contributed by atoms with Crippen LogP contribution in [0, 0.1) is 0 Å². The number of rotatable bonds is 5. The summed E-state index contributed by atoms with van der Waals surface area (Å²) in [6.07, 6.45) is 1.92. The summed E-state index contributed by atoms with van der Waals surface area (Å²) >= 11 is 3.61. The number of benzene rings is 1. The Labute approximate surface area is 123 Å². The van der Waals surface area contributed by atoms with Gasteiger partial charge in [-0.3, -0.25) is 4.68 Å². The standard InChI is InChI=1S/C15H20BrN3/c1-4-12-10-15(19(3)18-12)14(17-2)9-11-7-5-6-8-13(11)16/h5-8,10,14,17H,4,9H2,1-3H3. The Morgan fingerprint density at radius 3 is 2.68 bits per heavy atom. The van der Waals surface area contributed by atoms with Crippen LogP contribution in [0.3, 0.4) is 0 Å². The zero-order valence-electron chi connectivity index (χ0n) is 11.7. The van der Waals surface area contributed by atoms with Gasteiger partial charge >= 0.3 is 0 Å². The molecule has 0 saturated carbocycles. The van der Waals surface area contributed by atoms with Gasteiger partial charge in [-0.2, -0.15) is 5.10 Å². The van der Waals surface area contributed by atoms with Crippen LogP contribution in [0.5, 0.6) is 0 Å². The van der Waals surface area contributed by atoms with Gasteiger partial charge in [-0.05, 0) is 37.6 Å². The smallest absolute Gasteiger partial charge is 0.0625 e. The lowest BCUT2D eigenvalue weighted by molar-refractivity contribution is 0.536. The number of nitrogens with one attached hydrogen (secondary N) is 1. The van der Waals surface area contributed by atoms with Crippen molar-refractivity contribution in [3.63, 3.8) is 0 Å². The number of nitrogens with zero attached hydrogens (tertiary/aromatic N) is 2. The minimum absolute atomic E-state index is 0.275. The molecule has 3 nitrogen and oxygen atoms in total. The van der Waals surface area contributed by atoms with Gasteiger partial charge in [0.2, 0.25) is 0 Å². The molecule has 2 aromatic rings. The van der Waals surface area contributed by atoms with E-state index < -0.39 is 0 Å². The fraction of sp³-hybridized carbons (Fsp3) is 0.400. The van der Waals surface area contributed by atoms with Gasteiger partial charge in [0.25, 0.3) is 0 Å². The molecule has 0 aliphatic carbocycles. The van der Waals surface area contributed by atoms with E-state index in [4.69, 9.17) is 0 Å². The molecule has 1 heterocycles. The van der Waals surface area contributed by atoms with Gasteiger partial charge in [-0.25, -0.2) is 0 Å². The summed E-state index contributed by atoms with van der Waals surface area (Å²) in [6.45, 7) is 2.13. The molecule has 1 N–H and O–H groups in total. The SMILES string of the molecule is CCc1cc(C(Cc2ccccc2Br)NC)n(C)n1. The third kappa shape index (κ3) is 3.25. The number of hydrogen-bond acceptors (Lipinski definition) is 2. The van der Waals surface area contributed by atoms with Gasteiger partial charge in [0.1, 0.15) is 0 Å². The Hall–Kier alpha value is -1.13. The average Bonchev–Trinajstić information content (AvgIpc) is 2.79. The molecule has 1 atom stereocenters. The molecule has 0 radical (unpaired) electrons. The van der Waals surface area contributed by atoms with Crippen molar-refractivity contribution in [2.45, 2.75) is 25.8 Å². The molecule has 0 fully saturated rings. The van der Waals surface area contributed by atoms with Crippen LogP contribution in [0.25, 0.3) is 0 Å². The molecule has 0 aliphatic rings. The van der Waals surface area contributed by atoms with Gasteiger partial charge in [-0.1, -0.05) is 41.1 Å². The van der Waals surface area contributed by atoms with Crippen LogP contribution in [0.15, 0.2) is 34.8 Å². The number of aromatic nitrogens is 2. The molecule has 0 amide bonds. The zero-order valence-corrected chi connectivity index (χ0v) is 13.2. The molecule has 0 aliphatic heterocycles. The van der Waals surface area contributed by atoms with Crippen molar-refractivity contribution in [2.24, 2.45) is 7.05 Å². The number of hydrogen-bond donors (Lipinski definition) is 1. The fourth-order valence-corrected chi connectivity index (χ4v) is 2.73. The van der Waals surface area contributed by atoms with Gasteiger partial charge in [0.15, 0.2) is 0 Å². The number of halogens is 1. The third-order valence-corrected chi connectivity index (χ3v) is 4.19. The predicted molar refractivity (Wildman–Crippen MR) is 82.2 cm³/mol. The first-order chi connectivity index (χ1) is 9.15. The third-order valence-electron chi connectivity index (χ3n) is 3.42. The highest BCUT2D eigenvalue weighted by atomic mass is 79.9. The van der Waals surface area contributed by atoms with Gasteiger partial charge in [0, 0.05) is 11.5 Å². The van der Waals surface area contributed by atoms with E-state index in [-0.39, 0.29) is 6.04 Å². The summed E-state index contributed by atoms with van der Waals surface area (Å²) in [7, 11) is 4.01. The van der Waals surface area contributed by atoms with Crippen molar-refractivity contribution in [2.75, 3.05) is 7.05 Å². The summed E-state index contributed by atoms with van der Waals surface area (Å²) < 4.78 is 3.14. The molecule has 1 aromatic heterocycles. The molecule has 4 heteroatoms. The largest absolute Gasteiger partial charge is 0.311 e. The summed E-state index contributed by atoms with van der Waals surface area (Å²) in [6, 6.07) is 10.8. The first kappa shape index (κ1) is 14.3. The lowest BCUT2D eigenvalue weighted by Crippen LogP contribution is -2.21. The van der Waals surface area contributed by atoms with Crippen LogP contribution in [-0.4, -0.2) is 16.8 Å². The van der Waals surface area contributed by atoms with Crippen LogP contribution in [0.4, 0.5) is 0 Å². The Bertz CT molecular complexity index is 548. The normalized spacial score (nSPS) is 12.6. The van der Waals surface area contributed by atoms with E-state index in [1.165, 1.54) is 11.3 Å². The fourth-order valence-electron chi connectivity index (χ4n) is 2.28. The topological polar surface area (TPSA) is 29.9 Å². The van der Waals surface area contributed by atoms with Crippen molar-refractivity contribution in [3.05, 3.63) is 51.8 Å². The molecule has 2 rings (SSSR count). The lowest BCUT2D eigenvalue weighted by Gasteiger charge is -2.17. The van der Waals surface area contributed by atoms with Crippen molar-refractivity contribution in [3.8, 4) is 0 Å². The first-order valence-electron chi connectivity index (χ1n) is 6.59. The summed E-state index contributed by atoms with van der Waals surface area (Å²) in [5.41, 5.74) is 3.68. The van der Waals surface area contributed by atoms with E-state index in [1.807, 2.05) is 24.8 Å². The molecular weight excluding hydrogens is 302 g/mol. The van der Waals surface area contributed by atoms with E-state index in [2.05, 4.69) is 57.5 Å². The molecule has 1 unspecified atom stereocenters. The number of aryl methyl sites for hydroxylation is 2. The second-order valence-electron chi connectivity index (χ2n) is 4.67. The summed E-state index contributed by atoms with van der Waals surface area (Å²) in [4.78, 5) is 0. The van der Waals surface area contributed by atoms with Gasteiger partial charge in [0.05, 0.1) is 17.4 Å². The highest BCUT2D eigenvalue weighted by Crippen LogP contribution is 2.24. The van der Waals surface area contributed by atoms with Crippen molar-refractivity contribution >= 4 is 15.9 Å². The minimum Gasteiger partial charge on any atom is -0.311 e. The molecule has 0 saturated heterocycles. The highest BCUT2D eigenvalue weighted by molar-refractivity contribution is 9.10. The van der Waals surface area contributed by atoms with Gasteiger partial charge < -0.3 is 5.32 Å². The van der Waals surface area contributed by atoms with Crippen LogP contribution in [-0.2, 0) is 19.9 Å². The van der Waals surface area contributed by atoms with E-state index in [1.54, 1.807) is 0 Å². The molecular formula is C15H20BrN3. The van der Waals surface area contributed by atoms with Crippen LogP contribution < -0.4 is 5.32 Å². The Balaban J connectivity index is 2.25. The van der Waals surface area contributed by atoms with Crippen LogP contribution in [0.2, 0.25) is 0 Å². The van der Waals surface area contributed by atoms with E-state index >= 15 is 0 Å².